The summed E-state index contributed by atoms with van der Waals surface area (Å²) in [7, 11) is 1.12. The van der Waals surface area contributed by atoms with Gasteiger partial charge in [0.15, 0.2) is 0 Å². The van der Waals surface area contributed by atoms with E-state index in [0.717, 1.165) is 7.11 Å². The van der Waals surface area contributed by atoms with Crippen LogP contribution in [0, 0.1) is 6.92 Å². The second-order valence-electron chi connectivity index (χ2n) is 3.09. The van der Waals surface area contributed by atoms with E-state index in [-0.39, 0.29) is 11.4 Å². The first-order valence-corrected chi connectivity index (χ1v) is 4.97. The van der Waals surface area contributed by atoms with Crippen LogP contribution in [0.5, 0.6) is 0 Å². The molecule has 0 aliphatic rings. The predicted octanol–water partition coefficient (Wildman–Crippen LogP) is 2.85. The molecule has 0 aliphatic carbocycles. The van der Waals surface area contributed by atoms with E-state index in [1.54, 1.807) is 6.92 Å². The van der Waals surface area contributed by atoms with Gasteiger partial charge in [-0.05, 0) is 18.6 Å². The molecule has 16 heavy (non-hydrogen) atoms. The molecule has 88 valence electrons. The predicted molar refractivity (Wildman–Crippen MR) is 54.8 cm³/mol. The Labute approximate surface area is 96.4 Å². The summed E-state index contributed by atoms with van der Waals surface area (Å²) in [6.07, 6.45) is -2.82. The summed E-state index contributed by atoms with van der Waals surface area (Å²) in [5.74, 6) is -0.735. The summed E-state index contributed by atoms with van der Waals surface area (Å²) in [4.78, 5) is 15.0. The van der Waals surface area contributed by atoms with Gasteiger partial charge in [-0.15, -0.1) is 11.6 Å². The molecule has 6 heteroatoms. The van der Waals surface area contributed by atoms with Gasteiger partial charge in [0, 0.05) is 11.6 Å². The van der Waals surface area contributed by atoms with Crippen LogP contribution in [-0.4, -0.2) is 18.1 Å². The lowest BCUT2D eigenvalue weighted by Crippen LogP contribution is -2.10. The molecule has 1 aromatic rings. The largest absolute Gasteiger partial charge is 0.465 e. The van der Waals surface area contributed by atoms with Crippen molar-refractivity contribution < 1.29 is 18.3 Å². The average Bonchev–Trinajstić information content (AvgIpc) is 2.27. The van der Waals surface area contributed by atoms with Gasteiger partial charge in [0.05, 0.1) is 12.7 Å². The standard InChI is InChI=1S/C10H10ClF2NO2/c1-5-6(4-11)3-7(10(15)16-2)8(14-5)9(12)13/h3,9H,4H2,1-2H3. The number of alkyl halides is 3. The number of aromatic nitrogens is 1. The summed E-state index contributed by atoms with van der Waals surface area (Å²) in [6.45, 7) is 1.56. The Kier molecular flexibility index (Phi) is 4.18. The van der Waals surface area contributed by atoms with Crippen molar-refractivity contribution in [2.75, 3.05) is 7.11 Å². The topological polar surface area (TPSA) is 39.2 Å². The van der Waals surface area contributed by atoms with Crippen molar-refractivity contribution in [3.8, 4) is 0 Å². The van der Waals surface area contributed by atoms with Crippen LogP contribution in [0.3, 0.4) is 0 Å². The number of halogens is 3. The van der Waals surface area contributed by atoms with Crippen LogP contribution in [0.4, 0.5) is 8.78 Å². The summed E-state index contributed by atoms with van der Waals surface area (Å²) in [6, 6.07) is 1.29. The first-order valence-electron chi connectivity index (χ1n) is 4.44. The van der Waals surface area contributed by atoms with Crippen molar-refractivity contribution >= 4 is 17.6 Å². The molecule has 0 saturated carbocycles. The Morgan fingerprint density at radius 2 is 2.25 bits per heavy atom. The second kappa shape index (κ2) is 5.21. The number of ether oxygens (including phenoxy) is 1. The van der Waals surface area contributed by atoms with Crippen LogP contribution in [0.2, 0.25) is 0 Å². The minimum atomic E-state index is -2.82. The SMILES string of the molecule is COC(=O)c1cc(CCl)c(C)nc1C(F)F. The maximum Gasteiger partial charge on any atom is 0.339 e. The van der Waals surface area contributed by atoms with Crippen molar-refractivity contribution in [3.63, 3.8) is 0 Å². The fourth-order valence-electron chi connectivity index (χ4n) is 1.24. The Morgan fingerprint density at radius 1 is 1.62 bits per heavy atom. The normalized spacial score (nSPS) is 10.6. The highest BCUT2D eigenvalue weighted by Gasteiger charge is 2.22. The van der Waals surface area contributed by atoms with E-state index in [1.807, 2.05) is 0 Å². The fourth-order valence-corrected chi connectivity index (χ4v) is 1.51. The zero-order valence-corrected chi connectivity index (χ0v) is 9.52. The Balaban J connectivity index is 3.36. The quantitative estimate of drug-likeness (QED) is 0.611. The molecule has 0 spiro atoms. The Bertz CT molecular complexity index is 410. The van der Waals surface area contributed by atoms with E-state index in [9.17, 15) is 13.6 Å². The molecule has 0 amide bonds. The second-order valence-corrected chi connectivity index (χ2v) is 3.36. The molecule has 0 bridgehead atoms. The van der Waals surface area contributed by atoms with Gasteiger partial charge in [-0.1, -0.05) is 0 Å². The molecule has 0 atom stereocenters. The number of hydrogen-bond donors (Lipinski definition) is 0. The summed E-state index contributed by atoms with van der Waals surface area (Å²) < 4.78 is 29.7. The Morgan fingerprint density at radius 3 is 2.69 bits per heavy atom. The van der Waals surface area contributed by atoms with Crippen molar-refractivity contribution in [2.45, 2.75) is 19.2 Å². The minimum Gasteiger partial charge on any atom is -0.465 e. The van der Waals surface area contributed by atoms with Gasteiger partial charge in [-0.2, -0.15) is 0 Å². The number of pyridine rings is 1. The summed E-state index contributed by atoms with van der Waals surface area (Å²) in [5, 5.41) is 0. The van der Waals surface area contributed by atoms with Gasteiger partial charge >= 0.3 is 5.97 Å². The van der Waals surface area contributed by atoms with Crippen LogP contribution in [-0.2, 0) is 10.6 Å². The lowest BCUT2D eigenvalue weighted by atomic mass is 10.1. The van der Waals surface area contributed by atoms with Crippen LogP contribution in [0.1, 0.15) is 33.7 Å². The average molecular weight is 250 g/mol. The third-order valence-electron chi connectivity index (χ3n) is 2.10. The van der Waals surface area contributed by atoms with E-state index < -0.39 is 18.1 Å². The van der Waals surface area contributed by atoms with Crippen LogP contribution < -0.4 is 0 Å². The number of methoxy groups -OCH3 is 1. The summed E-state index contributed by atoms with van der Waals surface area (Å²) in [5.41, 5.74) is 0.112. The summed E-state index contributed by atoms with van der Waals surface area (Å²) >= 11 is 5.60. The molecule has 0 fully saturated rings. The maximum absolute atomic E-state index is 12.6. The first-order chi connectivity index (χ1) is 7.51. The van der Waals surface area contributed by atoms with E-state index in [1.165, 1.54) is 6.07 Å². The highest BCUT2D eigenvalue weighted by atomic mass is 35.5. The van der Waals surface area contributed by atoms with E-state index >= 15 is 0 Å². The highest BCUT2D eigenvalue weighted by Crippen LogP contribution is 2.24. The van der Waals surface area contributed by atoms with Crippen molar-refractivity contribution in [2.24, 2.45) is 0 Å². The lowest BCUT2D eigenvalue weighted by Gasteiger charge is -2.10. The van der Waals surface area contributed by atoms with Gasteiger partial charge in [0.1, 0.15) is 5.69 Å². The number of nitrogens with zero attached hydrogens (tertiary/aromatic N) is 1. The molecule has 1 rings (SSSR count). The molecule has 0 unspecified atom stereocenters. The van der Waals surface area contributed by atoms with E-state index in [4.69, 9.17) is 11.6 Å². The molecule has 0 N–H and O–H groups in total. The smallest absolute Gasteiger partial charge is 0.339 e. The molecule has 0 aliphatic heterocycles. The third kappa shape index (κ3) is 2.47. The van der Waals surface area contributed by atoms with Gasteiger partial charge in [0.25, 0.3) is 6.43 Å². The molecule has 3 nitrogen and oxygen atoms in total. The minimum absolute atomic E-state index is 0.104. The van der Waals surface area contributed by atoms with Gasteiger partial charge in [-0.25, -0.2) is 13.6 Å². The van der Waals surface area contributed by atoms with Gasteiger partial charge in [-0.3, -0.25) is 4.98 Å². The lowest BCUT2D eigenvalue weighted by molar-refractivity contribution is 0.0587. The molecule has 1 aromatic heterocycles. The molecule has 1 heterocycles. The number of rotatable bonds is 3. The number of carbonyl (C=O) groups is 1. The number of esters is 1. The van der Waals surface area contributed by atoms with Crippen molar-refractivity contribution in [1.82, 2.24) is 4.98 Å². The van der Waals surface area contributed by atoms with Gasteiger partial charge < -0.3 is 4.74 Å². The van der Waals surface area contributed by atoms with Crippen molar-refractivity contribution in [1.29, 1.82) is 0 Å². The molecule has 0 saturated heterocycles. The molecular weight excluding hydrogens is 240 g/mol. The maximum atomic E-state index is 12.6. The van der Waals surface area contributed by atoms with Crippen LogP contribution in [0.15, 0.2) is 6.07 Å². The van der Waals surface area contributed by atoms with E-state index in [0.29, 0.717) is 11.3 Å². The van der Waals surface area contributed by atoms with E-state index in [2.05, 4.69) is 9.72 Å². The van der Waals surface area contributed by atoms with Crippen LogP contribution in [0.25, 0.3) is 0 Å². The first kappa shape index (κ1) is 12.8. The highest BCUT2D eigenvalue weighted by molar-refractivity contribution is 6.17. The fraction of sp³-hybridized carbons (Fsp3) is 0.400. The Hall–Kier alpha value is -1.23. The molecular formula is C10H10ClF2NO2. The molecule has 0 aromatic carbocycles. The number of aryl methyl sites for hydroxylation is 1. The van der Waals surface area contributed by atoms with Crippen molar-refractivity contribution in [3.05, 3.63) is 28.6 Å². The monoisotopic (exact) mass is 249 g/mol. The number of carbonyl (C=O) groups excluding carboxylic acids is 1. The van der Waals surface area contributed by atoms with Gasteiger partial charge in [0.2, 0.25) is 0 Å². The number of hydrogen-bond acceptors (Lipinski definition) is 3. The zero-order chi connectivity index (χ0) is 12.3. The van der Waals surface area contributed by atoms with Crippen LogP contribution >= 0.6 is 11.6 Å². The zero-order valence-electron chi connectivity index (χ0n) is 8.76. The third-order valence-corrected chi connectivity index (χ3v) is 2.39. The molecule has 0 radical (unpaired) electrons.